The van der Waals surface area contributed by atoms with Crippen molar-refractivity contribution in [3.63, 3.8) is 0 Å². The van der Waals surface area contributed by atoms with Gasteiger partial charge in [0.05, 0.1) is 27.0 Å². The fraction of sp³-hybridized carbons (Fsp3) is 0. The summed E-state index contributed by atoms with van der Waals surface area (Å²) in [6, 6.07) is 16.0. The molecule has 11 nitrogen and oxygen atoms in total. The standard InChI is InChI=1S/C26H14N6O5/c33-22-9-12-1-2-13(23(34)27-15-3-5-18-20(10-15)31-25(36)29-18)7-14(12)8-17(22)24(35)28-16-4-6-19-21(11-16)32-26(37)30-19/h1-11,33H,(H,27,34)(H,28,35). The zero-order valence-electron chi connectivity index (χ0n) is 18.7. The lowest BCUT2D eigenvalue weighted by Crippen LogP contribution is -2.23. The van der Waals surface area contributed by atoms with E-state index in [0.717, 1.165) is 0 Å². The summed E-state index contributed by atoms with van der Waals surface area (Å²) >= 11 is 0. The van der Waals surface area contributed by atoms with Gasteiger partial charge in [0, 0.05) is 16.9 Å². The summed E-state index contributed by atoms with van der Waals surface area (Å²) in [6.45, 7) is 0. The van der Waals surface area contributed by atoms with Crippen LogP contribution < -0.4 is 32.1 Å². The first kappa shape index (κ1) is 21.9. The number of phenols is 1. The summed E-state index contributed by atoms with van der Waals surface area (Å²) in [5.41, 5.74) is 1.13. The van der Waals surface area contributed by atoms with E-state index >= 15 is 0 Å². The molecule has 0 atom stereocenters. The first-order chi connectivity index (χ1) is 17.8. The molecule has 0 bridgehead atoms. The van der Waals surface area contributed by atoms with E-state index in [1.54, 1.807) is 48.5 Å². The Labute approximate surface area is 206 Å². The van der Waals surface area contributed by atoms with Crippen molar-refractivity contribution < 1.29 is 24.3 Å². The number of benzene rings is 4. The number of phenolic OH excluding ortho intramolecular Hbond substituents is 1. The van der Waals surface area contributed by atoms with Crippen molar-refractivity contribution in [2.45, 2.75) is 0 Å². The van der Waals surface area contributed by atoms with Crippen molar-refractivity contribution >= 4 is 46.0 Å². The number of rotatable bonds is 4. The lowest BCUT2D eigenvalue weighted by atomic mass is 10.0. The Kier molecular flexibility index (Phi) is 4.90. The average Bonchev–Trinajstić information content (AvgIpc) is 3.42. The zero-order valence-corrected chi connectivity index (χ0v) is 18.7. The van der Waals surface area contributed by atoms with Gasteiger partial charge in [0.2, 0.25) is 0 Å². The number of hydrogen-bond donors (Lipinski definition) is 3. The van der Waals surface area contributed by atoms with E-state index in [2.05, 4.69) is 30.6 Å². The lowest BCUT2D eigenvalue weighted by Gasteiger charge is -2.10. The van der Waals surface area contributed by atoms with E-state index in [0.29, 0.717) is 49.1 Å². The number of nitrogens with one attached hydrogen (secondary N) is 2. The van der Waals surface area contributed by atoms with Gasteiger partial charge >= 0.3 is 12.1 Å². The van der Waals surface area contributed by atoms with Crippen LogP contribution in [0.15, 0.2) is 86.7 Å². The highest BCUT2D eigenvalue weighted by molar-refractivity contribution is 6.10. The quantitative estimate of drug-likeness (QED) is 0.397. The van der Waals surface area contributed by atoms with Gasteiger partial charge < -0.3 is 15.7 Å². The van der Waals surface area contributed by atoms with Crippen molar-refractivity contribution in [2.24, 2.45) is 20.0 Å². The maximum absolute atomic E-state index is 12.9. The minimum absolute atomic E-state index is 0.00286. The van der Waals surface area contributed by atoms with Crippen LogP contribution in [0.5, 0.6) is 5.75 Å². The molecule has 0 saturated carbocycles. The molecule has 6 rings (SSSR count). The van der Waals surface area contributed by atoms with Gasteiger partial charge in [-0.25, -0.2) is 9.59 Å². The van der Waals surface area contributed by atoms with E-state index < -0.39 is 23.9 Å². The predicted octanol–water partition coefficient (Wildman–Crippen LogP) is 1.80. The maximum Gasteiger partial charge on any atom is 0.368 e. The highest BCUT2D eigenvalue weighted by Crippen LogP contribution is 2.27. The van der Waals surface area contributed by atoms with E-state index in [9.17, 15) is 24.3 Å². The highest BCUT2D eigenvalue weighted by Gasteiger charge is 2.16. The zero-order chi connectivity index (χ0) is 25.7. The molecule has 2 aliphatic rings. The summed E-state index contributed by atoms with van der Waals surface area (Å²) in [7, 11) is 0. The van der Waals surface area contributed by atoms with Gasteiger partial charge in [-0.1, -0.05) is 6.07 Å². The number of fused-ring (bicyclic) bond motifs is 3. The van der Waals surface area contributed by atoms with E-state index in [4.69, 9.17) is 0 Å². The normalized spacial score (nSPS) is 13.1. The molecule has 0 saturated heterocycles. The molecule has 178 valence electrons. The second-order valence-corrected chi connectivity index (χ2v) is 8.26. The van der Waals surface area contributed by atoms with Gasteiger partial charge in [-0.3, -0.25) is 9.59 Å². The smallest absolute Gasteiger partial charge is 0.368 e. The lowest BCUT2D eigenvalue weighted by molar-refractivity contribution is 0.101. The SMILES string of the molecule is O=C1N=c2ccc(NC(=O)c3ccc4cc(O)c(C(=O)Nc5ccc6c(c5)=NC(=O)N=6)cc4c3)cc2=N1. The Morgan fingerprint density at radius 3 is 1.78 bits per heavy atom. The summed E-state index contributed by atoms with van der Waals surface area (Å²) in [5, 5.41) is 18.6. The molecular weight excluding hydrogens is 476 g/mol. The Morgan fingerprint density at radius 1 is 0.595 bits per heavy atom. The summed E-state index contributed by atoms with van der Waals surface area (Å²) in [6.07, 6.45) is 0. The molecule has 2 heterocycles. The van der Waals surface area contributed by atoms with Crippen LogP contribution in [0, 0.1) is 0 Å². The molecule has 0 aromatic heterocycles. The number of hydrogen-bond acceptors (Lipinski definition) is 5. The van der Waals surface area contributed by atoms with Gasteiger partial charge in [0.1, 0.15) is 5.75 Å². The van der Waals surface area contributed by atoms with Gasteiger partial charge in [-0.15, -0.1) is 0 Å². The van der Waals surface area contributed by atoms with Gasteiger partial charge in [0.15, 0.2) is 0 Å². The fourth-order valence-corrected chi connectivity index (χ4v) is 4.04. The minimum Gasteiger partial charge on any atom is -0.507 e. The maximum atomic E-state index is 12.9. The monoisotopic (exact) mass is 490 g/mol. The van der Waals surface area contributed by atoms with Crippen molar-refractivity contribution in [2.75, 3.05) is 10.6 Å². The number of carbonyl (C=O) groups is 4. The third-order valence-electron chi connectivity index (χ3n) is 5.79. The van der Waals surface area contributed by atoms with Crippen LogP contribution in [0.2, 0.25) is 0 Å². The van der Waals surface area contributed by atoms with Crippen LogP contribution in [-0.4, -0.2) is 29.0 Å². The molecule has 2 aliphatic heterocycles. The molecule has 37 heavy (non-hydrogen) atoms. The fourth-order valence-electron chi connectivity index (χ4n) is 4.04. The number of amides is 6. The predicted molar refractivity (Wildman–Crippen MR) is 130 cm³/mol. The first-order valence-corrected chi connectivity index (χ1v) is 10.9. The van der Waals surface area contributed by atoms with E-state index in [1.807, 2.05) is 0 Å². The van der Waals surface area contributed by atoms with E-state index in [-0.39, 0.29) is 11.3 Å². The number of urea groups is 2. The number of carbonyl (C=O) groups excluding carboxylic acids is 4. The number of aromatic hydroxyl groups is 1. The highest BCUT2D eigenvalue weighted by atomic mass is 16.3. The molecule has 4 aromatic carbocycles. The summed E-state index contributed by atoms with van der Waals surface area (Å²) < 4.78 is 0. The second-order valence-electron chi connectivity index (χ2n) is 8.26. The third-order valence-corrected chi connectivity index (χ3v) is 5.79. The van der Waals surface area contributed by atoms with Crippen LogP contribution in [0.1, 0.15) is 20.7 Å². The molecule has 0 aliphatic carbocycles. The molecule has 3 N–H and O–H groups in total. The average molecular weight is 490 g/mol. The largest absolute Gasteiger partial charge is 0.507 e. The molecule has 11 heteroatoms. The Balaban J connectivity index is 1.27. The van der Waals surface area contributed by atoms with Crippen LogP contribution in [0.25, 0.3) is 10.8 Å². The molecular formula is C26H14N6O5. The Hall–Kier alpha value is -5.58. The topological polar surface area (TPSA) is 162 Å². The van der Waals surface area contributed by atoms with Crippen LogP contribution in [0.3, 0.4) is 0 Å². The van der Waals surface area contributed by atoms with Crippen molar-refractivity contribution in [3.8, 4) is 5.75 Å². The van der Waals surface area contributed by atoms with Crippen LogP contribution >= 0.6 is 0 Å². The third kappa shape index (κ3) is 4.10. The van der Waals surface area contributed by atoms with Crippen molar-refractivity contribution in [1.29, 1.82) is 0 Å². The summed E-state index contributed by atoms with van der Waals surface area (Å²) in [5.74, 6) is -1.23. The molecule has 0 spiro atoms. The van der Waals surface area contributed by atoms with Crippen LogP contribution in [0.4, 0.5) is 21.0 Å². The Morgan fingerprint density at radius 2 is 1.16 bits per heavy atom. The van der Waals surface area contributed by atoms with Gasteiger partial charge in [-0.2, -0.15) is 20.0 Å². The Bertz CT molecular complexity index is 1980. The van der Waals surface area contributed by atoms with Crippen molar-refractivity contribution in [1.82, 2.24) is 0 Å². The molecule has 4 aromatic rings. The molecule has 0 radical (unpaired) electrons. The molecule has 0 fully saturated rings. The minimum atomic E-state index is -0.609. The van der Waals surface area contributed by atoms with Crippen LogP contribution in [-0.2, 0) is 0 Å². The number of anilines is 2. The molecule has 0 unspecified atom stereocenters. The second kappa shape index (κ2) is 8.27. The number of nitrogens with zero attached hydrogens (tertiary/aromatic N) is 4. The van der Waals surface area contributed by atoms with Crippen molar-refractivity contribution in [3.05, 3.63) is 99.3 Å². The summed E-state index contributed by atoms with van der Waals surface area (Å²) in [4.78, 5) is 63.5. The van der Waals surface area contributed by atoms with Gasteiger partial charge in [0.25, 0.3) is 11.8 Å². The first-order valence-electron chi connectivity index (χ1n) is 10.9. The van der Waals surface area contributed by atoms with E-state index in [1.165, 1.54) is 18.2 Å². The molecule has 6 amide bonds. The van der Waals surface area contributed by atoms with Gasteiger partial charge in [-0.05, 0) is 71.4 Å².